The van der Waals surface area contributed by atoms with Crippen LogP contribution >= 0.6 is 0 Å². The van der Waals surface area contributed by atoms with Crippen molar-refractivity contribution in [2.45, 2.75) is 5.76 Å². The van der Waals surface area contributed by atoms with E-state index in [1.807, 2.05) is 0 Å². The van der Waals surface area contributed by atoms with Crippen molar-refractivity contribution in [1.82, 2.24) is 0 Å². The van der Waals surface area contributed by atoms with Crippen molar-refractivity contribution in [1.29, 1.82) is 0 Å². The van der Waals surface area contributed by atoms with Gasteiger partial charge in [0.1, 0.15) is 0 Å². The summed E-state index contributed by atoms with van der Waals surface area (Å²) < 4.78 is 46.8. The lowest BCUT2D eigenvalue weighted by molar-refractivity contribution is 0.234. The SMILES string of the molecule is CN(c1ccccc1)S(=O)(=O)C(F)F. The number of alkyl halides is 2. The standard InChI is InChI=1S/C8H9F2NO2S/c1-11(14(12,13)8(9)10)7-5-3-2-4-6-7/h2-6,8H,1H3. The van der Waals surface area contributed by atoms with Gasteiger partial charge in [0.05, 0.1) is 5.69 Å². The lowest BCUT2D eigenvalue weighted by Crippen LogP contribution is -2.31. The van der Waals surface area contributed by atoms with Crippen LogP contribution < -0.4 is 4.31 Å². The van der Waals surface area contributed by atoms with Crippen molar-refractivity contribution in [2.24, 2.45) is 0 Å². The first-order valence-electron chi connectivity index (χ1n) is 3.77. The molecule has 0 spiro atoms. The Bertz CT molecular complexity index is 391. The number of anilines is 1. The Morgan fingerprint density at radius 3 is 2.14 bits per heavy atom. The molecule has 1 aromatic carbocycles. The van der Waals surface area contributed by atoms with Gasteiger partial charge < -0.3 is 0 Å². The van der Waals surface area contributed by atoms with E-state index in [4.69, 9.17) is 0 Å². The van der Waals surface area contributed by atoms with Crippen LogP contribution in [0.25, 0.3) is 0 Å². The monoisotopic (exact) mass is 221 g/mol. The molecule has 0 saturated carbocycles. The fourth-order valence-electron chi connectivity index (χ4n) is 0.904. The van der Waals surface area contributed by atoms with Crippen LogP contribution in [0, 0.1) is 0 Å². The molecule has 0 atom stereocenters. The Balaban J connectivity index is 3.03. The summed E-state index contributed by atoms with van der Waals surface area (Å²) in [6.45, 7) is 0. The summed E-state index contributed by atoms with van der Waals surface area (Å²) in [6, 6.07) is 7.71. The molecule has 1 rings (SSSR count). The molecule has 1 aromatic rings. The molecule has 6 heteroatoms. The zero-order chi connectivity index (χ0) is 10.8. The predicted molar refractivity (Wildman–Crippen MR) is 49.8 cm³/mol. The third kappa shape index (κ3) is 2.01. The Kier molecular flexibility index (Phi) is 3.05. The van der Waals surface area contributed by atoms with Gasteiger partial charge in [-0.25, -0.2) is 8.42 Å². The van der Waals surface area contributed by atoms with E-state index in [2.05, 4.69) is 0 Å². The van der Waals surface area contributed by atoms with Crippen LogP contribution in [0.2, 0.25) is 0 Å². The highest BCUT2D eigenvalue weighted by atomic mass is 32.2. The van der Waals surface area contributed by atoms with E-state index >= 15 is 0 Å². The van der Waals surface area contributed by atoms with E-state index in [0.717, 1.165) is 7.05 Å². The highest BCUT2D eigenvalue weighted by Gasteiger charge is 2.29. The molecule has 0 bridgehead atoms. The fourth-order valence-corrected chi connectivity index (χ4v) is 1.56. The van der Waals surface area contributed by atoms with Crippen molar-refractivity contribution < 1.29 is 17.2 Å². The van der Waals surface area contributed by atoms with Gasteiger partial charge in [0.15, 0.2) is 0 Å². The van der Waals surface area contributed by atoms with Gasteiger partial charge in [-0.1, -0.05) is 18.2 Å². The molecule has 0 aliphatic rings. The van der Waals surface area contributed by atoms with E-state index in [-0.39, 0.29) is 5.69 Å². The maximum atomic E-state index is 12.1. The van der Waals surface area contributed by atoms with E-state index in [9.17, 15) is 17.2 Å². The molecule has 0 saturated heterocycles. The molecule has 14 heavy (non-hydrogen) atoms. The summed E-state index contributed by atoms with van der Waals surface area (Å²) in [7, 11) is -3.44. The smallest absolute Gasteiger partial charge is 0.269 e. The van der Waals surface area contributed by atoms with Crippen LogP contribution in [0.1, 0.15) is 0 Å². The summed E-state index contributed by atoms with van der Waals surface area (Å²) in [5, 5.41) is 0. The average Bonchev–Trinajstić information content (AvgIpc) is 2.17. The van der Waals surface area contributed by atoms with Gasteiger partial charge in [-0.15, -0.1) is 0 Å². The van der Waals surface area contributed by atoms with E-state index in [0.29, 0.717) is 4.31 Å². The minimum atomic E-state index is -4.53. The van der Waals surface area contributed by atoms with Gasteiger partial charge in [0.2, 0.25) is 0 Å². The van der Waals surface area contributed by atoms with Crippen LogP contribution in [-0.2, 0) is 10.0 Å². The van der Waals surface area contributed by atoms with Gasteiger partial charge in [-0.2, -0.15) is 8.78 Å². The molecule has 0 radical (unpaired) electrons. The number of halogens is 2. The zero-order valence-electron chi connectivity index (χ0n) is 7.39. The first-order valence-corrected chi connectivity index (χ1v) is 5.27. The molecular formula is C8H9F2NO2S. The minimum Gasteiger partial charge on any atom is -0.269 e. The Hall–Kier alpha value is -1.17. The molecule has 0 aromatic heterocycles. The molecule has 0 fully saturated rings. The maximum Gasteiger partial charge on any atom is 0.355 e. The number of hydrogen-bond acceptors (Lipinski definition) is 2. The van der Waals surface area contributed by atoms with Gasteiger partial charge in [0.25, 0.3) is 10.0 Å². The van der Waals surface area contributed by atoms with Crippen molar-refractivity contribution >= 4 is 15.7 Å². The minimum absolute atomic E-state index is 0.216. The predicted octanol–water partition coefficient (Wildman–Crippen LogP) is 1.68. The van der Waals surface area contributed by atoms with Crippen molar-refractivity contribution in [3.63, 3.8) is 0 Å². The van der Waals surface area contributed by atoms with Gasteiger partial charge in [-0.3, -0.25) is 4.31 Å². The molecule has 3 nitrogen and oxygen atoms in total. The lowest BCUT2D eigenvalue weighted by Gasteiger charge is -2.18. The Labute approximate surface area is 81.0 Å². The quantitative estimate of drug-likeness (QED) is 0.778. The maximum absolute atomic E-state index is 12.1. The molecule has 78 valence electrons. The number of sulfonamides is 1. The summed E-state index contributed by atoms with van der Waals surface area (Å²) in [6.07, 6.45) is 0. The Morgan fingerprint density at radius 1 is 1.21 bits per heavy atom. The summed E-state index contributed by atoms with van der Waals surface area (Å²) in [5.74, 6) is -3.40. The first kappa shape index (κ1) is 10.9. The molecule has 0 aliphatic carbocycles. The second-order valence-corrected chi connectivity index (χ2v) is 4.54. The van der Waals surface area contributed by atoms with Gasteiger partial charge in [-0.05, 0) is 12.1 Å². The lowest BCUT2D eigenvalue weighted by atomic mass is 10.3. The van der Waals surface area contributed by atoms with Crippen molar-refractivity contribution in [3.05, 3.63) is 30.3 Å². The molecule has 0 aliphatic heterocycles. The number of para-hydroxylation sites is 1. The molecular weight excluding hydrogens is 212 g/mol. The van der Waals surface area contributed by atoms with Gasteiger partial charge >= 0.3 is 5.76 Å². The fraction of sp³-hybridized carbons (Fsp3) is 0.250. The molecule has 0 unspecified atom stereocenters. The largest absolute Gasteiger partial charge is 0.355 e. The highest BCUT2D eigenvalue weighted by molar-refractivity contribution is 7.93. The molecule has 0 N–H and O–H groups in total. The topological polar surface area (TPSA) is 37.4 Å². The second-order valence-electron chi connectivity index (χ2n) is 2.61. The summed E-state index contributed by atoms with van der Waals surface area (Å²) >= 11 is 0. The normalized spacial score (nSPS) is 11.7. The number of hydrogen-bond donors (Lipinski definition) is 0. The average molecular weight is 221 g/mol. The van der Waals surface area contributed by atoms with Crippen LogP contribution in [0.15, 0.2) is 30.3 Å². The van der Waals surface area contributed by atoms with Crippen molar-refractivity contribution in [3.8, 4) is 0 Å². The summed E-state index contributed by atoms with van der Waals surface area (Å²) in [4.78, 5) is 0. The molecule has 0 amide bonds. The van der Waals surface area contributed by atoms with Crippen LogP contribution in [0.4, 0.5) is 14.5 Å². The van der Waals surface area contributed by atoms with Crippen LogP contribution in [0.3, 0.4) is 0 Å². The second kappa shape index (κ2) is 3.91. The van der Waals surface area contributed by atoms with E-state index < -0.39 is 15.8 Å². The first-order chi connectivity index (χ1) is 6.46. The van der Waals surface area contributed by atoms with Gasteiger partial charge in [0, 0.05) is 7.05 Å². The van der Waals surface area contributed by atoms with E-state index in [1.54, 1.807) is 18.2 Å². The third-order valence-corrected chi connectivity index (χ3v) is 3.15. The third-order valence-electron chi connectivity index (χ3n) is 1.73. The number of benzene rings is 1. The highest BCUT2D eigenvalue weighted by Crippen LogP contribution is 2.19. The zero-order valence-corrected chi connectivity index (χ0v) is 8.21. The Morgan fingerprint density at radius 2 is 1.71 bits per heavy atom. The number of rotatable bonds is 3. The summed E-state index contributed by atoms with van der Waals surface area (Å²) in [5.41, 5.74) is 0.216. The van der Waals surface area contributed by atoms with Crippen molar-refractivity contribution in [2.75, 3.05) is 11.4 Å². The van der Waals surface area contributed by atoms with Crippen LogP contribution in [0.5, 0.6) is 0 Å². The molecule has 0 heterocycles. The van der Waals surface area contributed by atoms with Crippen LogP contribution in [-0.4, -0.2) is 21.2 Å². The number of nitrogens with zero attached hydrogens (tertiary/aromatic N) is 1. The van der Waals surface area contributed by atoms with E-state index in [1.165, 1.54) is 12.1 Å².